The van der Waals surface area contributed by atoms with Crippen LogP contribution in [0.3, 0.4) is 0 Å². The van der Waals surface area contributed by atoms with Crippen LogP contribution in [-0.4, -0.2) is 9.97 Å². The Balaban J connectivity index is 0.000000605. The van der Waals surface area contributed by atoms with Crippen LogP contribution in [0.25, 0.3) is 11.0 Å². The lowest BCUT2D eigenvalue weighted by molar-refractivity contribution is 1.32. The molecule has 0 bridgehead atoms. The van der Waals surface area contributed by atoms with Crippen molar-refractivity contribution in [1.29, 1.82) is 0 Å². The van der Waals surface area contributed by atoms with Crippen LogP contribution in [0.1, 0.15) is 13.0 Å². The fourth-order valence-corrected chi connectivity index (χ4v) is 1.09. The monoisotopic (exact) mass is 148 g/mol. The van der Waals surface area contributed by atoms with E-state index in [2.05, 4.69) is 23.0 Å². The molecule has 0 amide bonds. The number of aromatic amines is 1. The van der Waals surface area contributed by atoms with Gasteiger partial charge in [-0.05, 0) is 24.6 Å². The van der Waals surface area contributed by atoms with Crippen LogP contribution in [-0.2, 0) is 0 Å². The van der Waals surface area contributed by atoms with Gasteiger partial charge in [-0.3, -0.25) is 0 Å². The van der Waals surface area contributed by atoms with Crippen molar-refractivity contribution in [2.75, 3.05) is 0 Å². The number of rotatable bonds is 0. The molecule has 0 aromatic carbocycles. The summed E-state index contributed by atoms with van der Waals surface area (Å²) < 4.78 is 0. The summed E-state index contributed by atoms with van der Waals surface area (Å²) >= 11 is 0. The van der Waals surface area contributed by atoms with Crippen molar-refractivity contribution in [2.45, 2.75) is 14.4 Å². The van der Waals surface area contributed by atoms with Crippen molar-refractivity contribution in [1.82, 2.24) is 9.97 Å². The van der Waals surface area contributed by atoms with Crippen LogP contribution in [0.4, 0.5) is 0 Å². The number of hydrogen-bond donors (Lipinski definition) is 1. The lowest BCUT2D eigenvalue weighted by atomic mass is 10.2. The molecular weight excluding hydrogens is 136 g/mol. The smallest absolute Gasteiger partial charge is 0.137 e. The van der Waals surface area contributed by atoms with E-state index in [4.69, 9.17) is 0 Å². The molecule has 2 aromatic rings. The summed E-state index contributed by atoms with van der Waals surface area (Å²) in [6.45, 7) is 2.07. The Morgan fingerprint density at radius 2 is 2.27 bits per heavy atom. The highest BCUT2D eigenvalue weighted by atomic mass is 14.8. The molecule has 0 spiro atoms. The zero-order valence-electron chi connectivity index (χ0n) is 5.76. The summed E-state index contributed by atoms with van der Waals surface area (Å²) in [5.41, 5.74) is 2.23. The van der Waals surface area contributed by atoms with Crippen molar-refractivity contribution in [3.63, 3.8) is 0 Å². The zero-order chi connectivity index (χ0) is 6.97. The third-order valence-electron chi connectivity index (χ3n) is 1.66. The third kappa shape index (κ3) is 1.11. The van der Waals surface area contributed by atoms with E-state index >= 15 is 0 Å². The zero-order valence-corrected chi connectivity index (χ0v) is 5.76. The van der Waals surface area contributed by atoms with E-state index in [9.17, 15) is 0 Å². The Hall–Kier alpha value is -1.31. The highest BCUT2D eigenvalue weighted by molar-refractivity contribution is 5.78. The molecule has 0 unspecified atom stereocenters. The number of nitrogens with one attached hydrogen (secondary N) is 1. The van der Waals surface area contributed by atoms with Gasteiger partial charge in [0.2, 0.25) is 0 Å². The van der Waals surface area contributed by atoms with Gasteiger partial charge in [-0.15, -0.1) is 0 Å². The predicted molar refractivity (Wildman–Crippen MR) is 47.6 cm³/mol. The average Bonchev–Trinajstić information content (AvgIpc) is 2.34. The number of H-pyrrole nitrogens is 1. The van der Waals surface area contributed by atoms with E-state index < -0.39 is 0 Å². The quantitative estimate of drug-likeness (QED) is 0.611. The van der Waals surface area contributed by atoms with Gasteiger partial charge in [0.05, 0.1) is 0 Å². The summed E-state index contributed by atoms with van der Waals surface area (Å²) in [4.78, 5) is 7.22. The minimum atomic E-state index is 0. The molecule has 0 aliphatic heterocycles. The summed E-state index contributed by atoms with van der Waals surface area (Å²) in [6.07, 6.45) is 3.76. The van der Waals surface area contributed by atoms with Gasteiger partial charge in [-0.2, -0.15) is 0 Å². The van der Waals surface area contributed by atoms with Crippen LogP contribution < -0.4 is 0 Å². The number of aryl methyl sites for hydroxylation is 1. The second-order valence-electron chi connectivity index (χ2n) is 2.37. The van der Waals surface area contributed by atoms with E-state index in [1.807, 2.05) is 12.3 Å². The molecule has 0 atom stereocenters. The molecule has 11 heavy (non-hydrogen) atoms. The van der Waals surface area contributed by atoms with Crippen LogP contribution in [0.2, 0.25) is 0 Å². The molecular formula is C9H12N2. The second kappa shape index (κ2) is 2.74. The van der Waals surface area contributed by atoms with E-state index in [-0.39, 0.29) is 7.43 Å². The average molecular weight is 148 g/mol. The summed E-state index contributed by atoms with van der Waals surface area (Å²) in [6, 6.07) is 4.01. The van der Waals surface area contributed by atoms with Crippen LogP contribution >= 0.6 is 0 Å². The van der Waals surface area contributed by atoms with Gasteiger partial charge in [-0.25, -0.2) is 4.98 Å². The van der Waals surface area contributed by atoms with E-state index in [0.717, 1.165) is 5.65 Å². The Bertz CT molecular complexity index is 349. The maximum atomic E-state index is 4.15. The molecule has 0 saturated carbocycles. The molecule has 2 rings (SSSR count). The number of nitrogens with zero attached hydrogens (tertiary/aromatic N) is 1. The molecule has 58 valence electrons. The highest BCUT2D eigenvalue weighted by Crippen LogP contribution is 2.12. The van der Waals surface area contributed by atoms with Crippen LogP contribution in [0.5, 0.6) is 0 Å². The van der Waals surface area contributed by atoms with Gasteiger partial charge in [0.1, 0.15) is 5.65 Å². The first kappa shape index (κ1) is 7.79. The normalized spacial score (nSPS) is 9.55. The first-order valence-electron chi connectivity index (χ1n) is 3.26. The number of fused-ring (bicyclic) bond motifs is 1. The molecule has 2 heterocycles. The van der Waals surface area contributed by atoms with Gasteiger partial charge in [0.15, 0.2) is 0 Å². The SMILES string of the molecule is C.Cc1c[nH]c2ncccc12. The minimum Gasteiger partial charge on any atom is -0.346 e. The molecule has 2 aromatic heterocycles. The molecule has 0 fully saturated rings. The van der Waals surface area contributed by atoms with Gasteiger partial charge in [0.25, 0.3) is 0 Å². The molecule has 1 N–H and O–H groups in total. The van der Waals surface area contributed by atoms with Gasteiger partial charge in [0, 0.05) is 17.8 Å². The van der Waals surface area contributed by atoms with Crippen molar-refractivity contribution in [3.05, 3.63) is 30.1 Å². The van der Waals surface area contributed by atoms with E-state index in [1.165, 1.54) is 10.9 Å². The molecule has 0 aliphatic carbocycles. The lowest BCUT2D eigenvalue weighted by Crippen LogP contribution is -1.72. The van der Waals surface area contributed by atoms with E-state index in [0.29, 0.717) is 0 Å². The largest absolute Gasteiger partial charge is 0.346 e. The van der Waals surface area contributed by atoms with E-state index in [1.54, 1.807) is 6.20 Å². The van der Waals surface area contributed by atoms with Crippen LogP contribution in [0.15, 0.2) is 24.5 Å². The molecule has 2 heteroatoms. The maximum Gasteiger partial charge on any atom is 0.137 e. The van der Waals surface area contributed by atoms with Crippen molar-refractivity contribution in [3.8, 4) is 0 Å². The first-order valence-corrected chi connectivity index (χ1v) is 3.26. The predicted octanol–water partition coefficient (Wildman–Crippen LogP) is 2.51. The molecule has 0 aliphatic rings. The number of aromatic nitrogens is 2. The Morgan fingerprint density at radius 1 is 1.45 bits per heavy atom. The maximum absolute atomic E-state index is 4.15. The van der Waals surface area contributed by atoms with Crippen molar-refractivity contribution >= 4 is 11.0 Å². The highest BCUT2D eigenvalue weighted by Gasteiger charge is 1.95. The minimum absolute atomic E-state index is 0. The Kier molecular flexibility index (Phi) is 1.94. The summed E-state index contributed by atoms with van der Waals surface area (Å²) in [5, 5.41) is 1.21. The van der Waals surface area contributed by atoms with Crippen molar-refractivity contribution < 1.29 is 0 Å². The Morgan fingerprint density at radius 3 is 3.00 bits per heavy atom. The fourth-order valence-electron chi connectivity index (χ4n) is 1.09. The summed E-state index contributed by atoms with van der Waals surface area (Å²) in [7, 11) is 0. The summed E-state index contributed by atoms with van der Waals surface area (Å²) in [5.74, 6) is 0. The molecule has 0 saturated heterocycles. The van der Waals surface area contributed by atoms with Crippen LogP contribution in [0, 0.1) is 6.92 Å². The Labute approximate surface area is 66.3 Å². The second-order valence-corrected chi connectivity index (χ2v) is 2.37. The van der Waals surface area contributed by atoms with Gasteiger partial charge in [-0.1, -0.05) is 7.43 Å². The van der Waals surface area contributed by atoms with Gasteiger partial charge >= 0.3 is 0 Å². The van der Waals surface area contributed by atoms with Gasteiger partial charge < -0.3 is 4.98 Å². The topological polar surface area (TPSA) is 28.7 Å². The molecule has 2 nitrogen and oxygen atoms in total. The third-order valence-corrected chi connectivity index (χ3v) is 1.66. The first-order chi connectivity index (χ1) is 4.88. The molecule has 0 radical (unpaired) electrons. The standard InChI is InChI=1S/C8H8N2.CH4/c1-6-5-10-8-7(6)3-2-4-9-8;/h2-5H,1H3,(H,9,10);1H4. The fraction of sp³-hybridized carbons (Fsp3) is 0.222. The number of pyridine rings is 1. The number of hydrogen-bond acceptors (Lipinski definition) is 1. The van der Waals surface area contributed by atoms with Crippen molar-refractivity contribution in [2.24, 2.45) is 0 Å². The lowest BCUT2D eigenvalue weighted by Gasteiger charge is -1.86.